The number of rotatable bonds is 5. The summed E-state index contributed by atoms with van der Waals surface area (Å²) in [5.74, 6) is 5.04. The van der Waals surface area contributed by atoms with Gasteiger partial charge in [0.15, 0.2) is 11.5 Å². The Hall–Kier alpha value is -1.31. The standard InChI is InChI=1S/C13H15NO2S/c1-2-8-15-11-5-3-4-6-12(11)16-10-13-14-7-9-17-13/h1,3-6,13-14H,7-10H2/t13-/m0/s1. The SMILES string of the molecule is C#CCOc1ccccc1OC[C@H]1NCCS1. The lowest BCUT2D eigenvalue weighted by atomic mass is 10.3. The predicted octanol–water partition coefficient (Wildman–Crippen LogP) is 1.74. The summed E-state index contributed by atoms with van der Waals surface area (Å²) in [6, 6.07) is 7.59. The number of nitrogens with one attached hydrogen (secondary N) is 1. The van der Waals surface area contributed by atoms with Crippen molar-refractivity contribution in [1.82, 2.24) is 5.32 Å². The van der Waals surface area contributed by atoms with Crippen molar-refractivity contribution in [2.24, 2.45) is 0 Å². The predicted molar refractivity (Wildman–Crippen MR) is 70.5 cm³/mol. The van der Waals surface area contributed by atoms with E-state index in [-0.39, 0.29) is 6.61 Å². The first-order valence-corrected chi connectivity index (χ1v) is 6.58. The average molecular weight is 249 g/mol. The Morgan fingerprint density at radius 3 is 2.76 bits per heavy atom. The van der Waals surface area contributed by atoms with Crippen LogP contribution < -0.4 is 14.8 Å². The van der Waals surface area contributed by atoms with Gasteiger partial charge in [-0.25, -0.2) is 0 Å². The van der Waals surface area contributed by atoms with Crippen LogP contribution in [0.5, 0.6) is 11.5 Å². The molecule has 1 aromatic carbocycles. The fourth-order valence-corrected chi connectivity index (χ4v) is 2.48. The van der Waals surface area contributed by atoms with E-state index in [0.717, 1.165) is 18.0 Å². The molecule has 0 radical (unpaired) electrons. The van der Waals surface area contributed by atoms with Gasteiger partial charge in [0.2, 0.25) is 0 Å². The van der Waals surface area contributed by atoms with Crippen LogP contribution in [0.1, 0.15) is 0 Å². The van der Waals surface area contributed by atoms with Gasteiger partial charge in [-0.05, 0) is 12.1 Å². The molecule has 1 atom stereocenters. The van der Waals surface area contributed by atoms with Crippen LogP contribution in [-0.4, -0.2) is 30.9 Å². The Morgan fingerprint density at radius 1 is 1.35 bits per heavy atom. The summed E-state index contributed by atoms with van der Waals surface area (Å²) in [6.07, 6.45) is 5.17. The molecule has 0 bridgehead atoms. The zero-order valence-electron chi connectivity index (χ0n) is 9.52. The number of benzene rings is 1. The molecule has 1 heterocycles. The molecule has 0 spiro atoms. The van der Waals surface area contributed by atoms with Gasteiger partial charge < -0.3 is 14.8 Å². The molecular weight excluding hydrogens is 234 g/mol. The Bertz CT molecular complexity index is 397. The molecule has 0 aliphatic carbocycles. The molecule has 0 aromatic heterocycles. The van der Waals surface area contributed by atoms with Crippen molar-refractivity contribution in [3.63, 3.8) is 0 Å². The van der Waals surface area contributed by atoms with E-state index in [0.29, 0.717) is 17.7 Å². The molecule has 2 rings (SSSR count). The zero-order chi connectivity index (χ0) is 11.9. The number of terminal acetylenes is 1. The molecule has 1 aliphatic heterocycles. The highest BCUT2D eigenvalue weighted by Gasteiger charge is 2.15. The first kappa shape index (κ1) is 12.2. The van der Waals surface area contributed by atoms with Crippen LogP contribution in [0, 0.1) is 12.3 Å². The number of hydrogen-bond acceptors (Lipinski definition) is 4. The third-order valence-corrected chi connectivity index (χ3v) is 3.49. The van der Waals surface area contributed by atoms with Crippen LogP contribution in [0.2, 0.25) is 0 Å². The molecule has 1 fully saturated rings. The van der Waals surface area contributed by atoms with Crippen LogP contribution in [0.15, 0.2) is 24.3 Å². The normalized spacial score (nSPS) is 18.6. The van der Waals surface area contributed by atoms with Crippen molar-refractivity contribution in [3.05, 3.63) is 24.3 Å². The van der Waals surface area contributed by atoms with E-state index in [2.05, 4.69) is 11.2 Å². The summed E-state index contributed by atoms with van der Waals surface area (Å²) in [6.45, 7) is 1.95. The van der Waals surface area contributed by atoms with Crippen LogP contribution >= 0.6 is 11.8 Å². The van der Waals surface area contributed by atoms with Gasteiger partial charge in [-0.2, -0.15) is 0 Å². The highest BCUT2D eigenvalue weighted by molar-refractivity contribution is 8.00. The lowest BCUT2D eigenvalue weighted by molar-refractivity contribution is 0.279. The third kappa shape index (κ3) is 3.58. The fraction of sp³-hybridized carbons (Fsp3) is 0.385. The maximum Gasteiger partial charge on any atom is 0.162 e. The van der Waals surface area contributed by atoms with Gasteiger partial charge in [-0.15, -0.1) is 18.2 Å². The molecule has 3 nitrogen and oxygen atoms in total. The van der Waals surface area contributed by atoms with E-state index >= 15 is 0 Å². The van der Waals surface area contributed by atoms with E-state index in [4.69, 9.17) is 15.9 Å². The van der Waals surface area contributed by atoms with Gasteiger partial charge in [0.25, 0.3) is 0 Å². The quantitative estimate of drug-likeness (QED) is 0.805. The topological polar surface area (TPSA) is 30.5 Å². The Balaban J connectivity index is 1.92. The van der Waals surface area contributed by atoms with E-state index in [1.54, 1.807) is 0 Å². The highest BCUT2D eigenvalue weighted by atomic mass is 32.2. The van der Waals surface area contributed by atoms with Gasteiger partial charge in [-0.3, -0.25) is 0 Å². The highest BCUT2D eigenvalue weighted by Crippen LogP contribution is 2.27. The fourth-order valence-electron chi connectivity index (χ4n) is 1.56. The van der Waals surface area contributed by atoms with Gasteiger partial charge >= 0.3 is 0 Å². The van der Waals surface area contributed by atoms with E-state index in [1.807, 2.05) is 36.0 Å². The largest absolute Gasteiger partial charge is 0.487 e. The number of ether oxygens (including phenoxy) is 2. The van der Waals surface area contributed by atoms with Gasteiger partial charge in [0, 0.05) is 12.3 Å². The zero-order valence-corrected chi connectivity index (χ0v) is 10.3. The van der Waals surface area contributed by atoms with Crippen molar-refractivity contribution in [2.75, 3.05) is 25.5 Å². The first-order valence-electron chi connectivity index (χ1n) is 5.53. The summed E-state index contributed by atoms with van der Waals surface area (Å²) in [7, 11) is 0. The maximum absolute atomic E-state index is 5.74. The van der Waals surface area contributed by atoms with E-state index < -0.39 is 0 Å². The van der Waals surface area contributed by atoms with Crippen molar-refractivity contribution < 1.29 is 9.47 Å². The smallest absolute Gasteiger partial charge is 0.162 e. The molecule has 17 heavy (non-hydrogen) atoms. The number of para-hydroxylation sites is 2. The number of thioether (sulfide) groups is 1. The van der Waals surface area contributed by atoms with Crippen LogP contribution in [-0.2, 0) is 0 Å². The molecule has 1 aliphatic rings. The van der Waals surface area contributed by atoms with Gasteiger partial charge in [0.05, 0.1) is 5.37 Å². The average Bonchev–Trinajstić information content (AvgIpc) is 2.88. The molecule has 4 heteroatoms. The number of hydrogen-bond donors (Lipinski definition) is 1. The summed E-state index contributed by atoms with van der Waals surface area (Å²) in [5, 5.41) is 3.73. The monoisotopic (exact) mass is 249 g/mol. The molecule has 90 valence electrons. The summed E-state index contributed by atoms with van der Waals surface area (Å²) in [5.41, 5.74) is 0. The van der Waals surface area contributed by atoms with Crippen LogP contribution in [0.25, 0.3) is 0 Å². The molecular formula is C13H15NO2S. The van der Waals surface area contributed by atoms with Crippen LogP contribution in [0.3, 0.4) is 0 Å². The second kappa shape index (κ2) is 6.43. The minimum atomic E-state index is 0.261. The molecule has 1 N–H and O–H groups in total. The Kier molecular flexibility index (Phi) is 4.60. The second-order valence-electron chi connectivity index (χ2n) is 3.56. The lowest BCUT2D eigenvalue weighted by Crippen LogP contribution is -2.26. The minimum absolute atomic E-state index is 0.261. The van der Waals surface area contributed by atoms with Crippen molar-refractivity contribution in [1.29, 1.82) is 0 Å². The Morgan fingerprint density at radius 2 is 2.12 bits per heavy atom. The molecule has 1 aromatic rings. The molecule has 0 amide bonds. The van der Waals surface area contributed by atoms with Crippen molar-refractivity contribution in [2.45, 2.75) is 5.37 Å². The summed E-state index contributed by atoms with van der Waals surface area (Å²) >= 11 is 1.88. The van der Waals surface area contributed by atoms with Gasteiger partial charge in [0.1, 0.15) is 13.2 Å². The summed E-state index contributed by atoms with van der Waals surface area (Å²) in [4.78, 5) is 0. The van der Waals surface area contributed by atoms with Crippen molar-refractivity contribution >= 4 is 11.8 Å². The summed E-state index contributed by atoms with van der Waals surface area (Å²) < 4.78 is 11.2. The Labute approximate surface area is 106 Å². The van der Waals surface area contributed by atoms with Gasteiger partial charge in [-0.1, -0.05) is 18.1 Å². The van der Waals surface area contributed by atoms with E-state index in [9.17, 15) is 0 Å². The minimum Gasteiger partial charge on any atom is -0.487 e. The molecule has 0 unspecified atom stereocenters. The van der Waals surface area contributed by atoms with E-state index in [1.165, 1.54) is 0 Å². The lowest BCUT2D eigenvalue weighted by Gasteiger charge is -2.14. The molecule has 0 saturated carbocycles. The van der Waals surface area contributed by atoms with Crippen LogP contribution in [0.4, 0.5) is 0 Å². The van der Waals surface area contributed by atoms with Crippen molar-refractivity contribution in [3.8, 4) is 23.8 Å². The maximum atomic E-state index is 5.74. The third-order valence-electron chi connectivity index (χ3n) is 2.34. The molecule has 1 saturated heterocycles. The second-order valence-corrected chi connectivity index (χ2v) is 4.87. The first-order chi connectivity index (χ1) is 8.40.